The first-order valence-corrected chi connectivity index (χ1v) is 5.69. The summed E-state index contributed by atoms with van der Waals surface area (Å²) in [4.78, 5) is 15.1. The van der Waals surface area contributed by atoms with Crippen LogP contribution < -0.4 is 5.32 Å². The molecule has 0 bridgehead atoms. The maximum Gasteiger partial charge on any atom is 0.243 e. The number of benzene rings is 1. The van der Waals surface area contributed by atoms with Gasteiger partial charge in [0.2, 0.25) is 5.91 Å². The van der Waals surface area contributed by atoms with Gasteiger partial charge in [0, 0.05) is 18.9 Å². The SMILES string of the molecule is C=CC(=O)NCc1cccc(-c2ccncc2)c1. The minimum atomic E-state index is -0.163. The Labute approximate surface area is 106 Å². The van der Waals surface area contributed by atoms with E-state index in [0.29, 0.717) is 6.54 Å². The second-order valence-corrected chi connectivity index (χ2v) is 3.86. The number of carbonyl (C=O) groups excluding carboxylic acids is 1. The number of amides is 1. The fourth-order valence-electron chi connectivity index (χ4n) is 1.67. The molecule has 1 amide bonds. The van der Waals surface area contributed by atoms with E-state index in [2.05, 4.69) is 22.9 Å². The highest BCUT2D eigenvalue weighted by Crippen LogP contribution is 2.19. The van der Waals surface area contributed by atoms with E-state index in [1.165, 1.54) is 6.08 Å². The summed E-state index contributed by atoms with van der Waals surface area (Å²) in [6.45, 7) is 3.92. The Morgan fingerprint density at radius 1 is 1.22 bits per heavy atom. The van der Waals surface area contributed by atoms with Gasteiger partial charge < -0.3 is 5.32 Å². The molecule has 1 aromatic heterocycles. The summed E-state index contributed by atoms with van der Waals surface area (Å²) in [6, 6.07) is 12.0. The van der Waals surface area contributed by atoms with Crippen LogP contribution in [0.3, 0.4) is 0 Å². The number of pyridine rings is 1. The summed E-state index contributed by atoms with van der Waals surface area (Å²) < 4.78 is 0. The van der Waals surface area contributed by atoms with E-state index in [9.17, 15) is 4.79 Å². The maximum atomic E-state index is 11.1. The quantitative estimate of drug-likeness (QED) is 0.832. The van der Waals surface area contributed by atoms with Crippen LogP contribution in [0.4, 0.5) is 0 Å². The molecule has 0 fully saturated rings. The number of carbonyl (C=O) groups is 1. The number of rotatable bonds is 4. The Kier molecular flexibility index (Phi) is 3.86. The molecule has 2 aromatic rings. The lowest BCUT2D eigenvalue weighted by molar-refractivity contribution is -0.116. The molecule has 0 saturated heterocycles. The van der Waals surface area contributed by atoms with Crippen LogP contribution in [-0.2, 0) is 11.3 Å². The van der Waals surface area contributed by atoms with Gasteiger partial charge >= 0.3 is 0 Å². The Bertz CT molecular complexity index is 549. The van der Waals surface area contributed by atoms with Crippen LogP contribution in [0.25, 0.3) is 11.1 Å². The summed E-state index contributed by atoms with van der Waals surface area (Å²) in [6.07, 6.45) is 4.80. The van der Waals surface area contributed by atoms with Gasteiger partial charge in [-0.3, -0.25) is 9.78 Å². The lowest BCUT2D eigenvalue weighted by Crippen LogP contribution is -2.19. The molecule has 1 aromatic carbocycles. The molecule has 1 N–H and O–H groups in total. The highest BCUT2D eigenvalue weighted by Gasteiger charge is 2.00. The van der Waals surface area contributed by atoms with Gasteiger partial charge in [-0.2, -0.15) is 0 Å². The second-order valence-electron chi connectivity index (χ2n) is 3.86. The average Bonchev–Trinajstić information content (AvgIpc) is 2.46. The standard InChI is InChI=1S/C15H14N2O/c1-2-15(18)17-11-12-4-3-5-14(10-12)13-6-8-16-9-7-13/h2-10H,1,11H2,(H,17,18). The molecule has 0 spiro atoms. The third kappa shape index (κ3) is 3.04. The van der Waals surface area contributed by atoms with Gasteiger partial charge in [0.15, 0.2) is 0 Å². The number of hydrogen-bond donors (Lipinski definition) is 1. The lowest BCUT2D eigenvalue weighted by atomic mass is 10.0. The molecule has 0 saturated carbocycles. The second kappa shape index (κ2) is 5.77. The number of nitrogens with zero attached hydrogens (tertiary/aromatic N) is 1. The zero-order chi connectivity index (χ0) is 12.8. The molecule has 1 heterocycles. The molecule has 3 heteroatoms. The van der Waals surface area contributed by atoms with Crippen LogP contribution in [0.5, 0.6) is 0 Å². The van der Waals surface area contributed by atoms with Gasteiger partial charge in [-0.1, -0.05) is 24.8 Å². The van der Waals surface area contributed by atoms with Gasteiger partial charge in [0.25, 0.3) is 0 Å². The van der Waals surface area contributed by atoms with E-state index >= 15 is 0 Å². The van der Waals surface area contributed by atoms with Crippen LogP contribution >= 0.6 is 0 Å². The average molecular weight is 238 g/mol. The van der Waals surface area contributed by atoms with Crippen molar-refractivity contribution in [2.45, 2.75) is 6.54 Å². The van der Waals surface area contributed by atoms with Crippen LogP contribution in [0, 0.1) is 0 Å². The fraction of sp³-hybridized carbons (Fsp3) is 0.0667. The number of hydrogen-bond acceptors (Lipinski definition) is 2. The largest absolute Gasteiger partial charge is 0.348 e. The summed E-state index contributed by atoms with van der Waals surface area (Å²) in [5, 5.41) is 2.76. The van der Waals surface area contributed by atoms with Gasteiger partial charge in [-0.25, -0.2) is 0 Å². The summed E-state index contributed by atoms with van der Waals surface area (Å²) in [5.41, 5.74) is 3.28. The highest BCUT2D eigenvalue weighted by molar-refractivity contribution is 5.86. The molecule has 3 nitrogen and oxygen atoms in total. The Morgan fingerprint density at radius 2 is 2.00 bits per heavy atom. The van der Waals surface area contributed by atoms with Crippen molar-refractivity contribution in [3.8, 4) is 11.1 Å². The molecular weight excluding hydrogens is 224 g/mol. The first-order chi connectivity index (χ1) is 8.79. The number of nitrogens with one attached hydrogen (secondary N) is 1. The monoisotopic (exact) mass is 238 g/mol. The van der Waals surface area contributed by atoms with E-state index in [-0.39, 0.29) is 5.91 Å². The topological polar surface area (TPSA) is 42.0 Å². The van der Waals surface area contributed by atoms with Crippen LogP contribution in [0.15, 0.2) is 61.4 Å². The van der Waals surface area contributed by atoms with E-state index in [0.717, 1.165) is 16.7 Å². The van der Waals surface area contributed by atoms with Crippen LogP contribution in [-0.4, -0.2) is 10.9 Å². The van der Waals surface area contributed by atoms with Crippen molar-refractivity contribution in [2.24, 2.45) is 0 Å². The van der Waals surface area contributed by atoms with E-state index in [1.54, 1.807) is 12.4 Å². The Hall–Kier alpha value is -2.42. The van der Waals surface area contributed by atoms with Crippen molar-refractivity contribution in [1.82, 2.24) is 10.3 Å². The Morgan fingerprint density at radius 3 is 2.72 bits per heavy atom. The molecule has 18 heavy (non-hydrogen) atoms. The van der Waals surface area contributed by atoms with Crippen molar-refractivity contribution in [3.05, 3.63) is 67.0 Å². The summed E-state index contributed by atoms with van der Waals surface area (Å²) in [7, 11) is 0. The van der Waals surface area contributed by atoms with Crippen molar-refractivity contribution in [1.29, 1.82) is 0 Å². The smallest absolute Gasteiger partial charge is 0.243 e. The number of aromatic nitrogens is 1. The normalized spacial score (nSPS) is 9.78. The van der Waals surface area contributed by atoms with Crippen LogP contribution in [0.1, 0.15) is 5.56 Å². The molecule has 90 valence electrons. The minimum absolute atomic E-state index is 0.163. The van der Waals surface area contributed by atoms with Crippen molar-refractivity contribution < 1.29 is 4.79 Å². The molecular formula is C15H14N2O. The first-order valence-electron chi connectivity index (χ1n) is 5.69. The van der Waals surface area contributed by atoms with Gasteiger partial charge in [-0.15, -0.1) is 0 Å². The van der Waals surface area contributed by atoms with Gasteiger partial charge in [-0.05, 0) is 41.0 Å². The molecule has 0 radical (unpaired) electrons. The molecule has 0 aliphatic rings. The zero-order valence-electron chi connectivity index (χ0n) is 9.97. The molecule has 0 aliphatic heterocycles. The summed E-state index contributed by atoms with van der Waals surface area (Å²) >= 11 is 0. The fourth-order valence-corrected chi connectivity index (χ4v) is 1.67. The predicted octanol–water partition coefficient (Wildman–Crippen LogP) is 2.55. The van der Waals surface area contributed by atoms with E-state index < -0.39 is 0 Å². The molecule has 0 unspecified atom stereocenters. The van der Waals surface area contributed by atoms with Crippen molar-refractivity contribution in [3.63, 3.8) is 0 Å². The highest BCUT2D eigenvalue weighted by atomic mass is 16.1. The minimum Gasteiger partial charge on any atom is -0.348 e. The zero-order valence-corrected chi connectivity index (χ0v) is 9.97. The van der Waals surface area contributed by atoms with Gasteiger partial charge in [0.05, 0.1) is 0 Å². The van der Waals surface area contributed by atoms with Crippen molar-refractivity contribution in [2.75, 3.05) is 0 Å². The molecule has 0 aliphatic carbocycles. The third-order valence-electron chi connectivity index (χ3n) is 2.59. The summed E-state index contributed by atoms with van der Waals surface area (Å²) in [5.74, 6) is -0.163. The first kappa shape index (κ1) is 12.0. The lowest BCUT2D eigenvalue weighted by Gasteiger charge is -2.06. The van der Waals surface area contributed by atoms with Crippen LogP contribution in [0.2, 0.25) is 0 Å². The predicted molar refractivity (Wildman–Crippen MR) is 71.7 cm³/mol. The Balaban J connectivity index is 2.15. The maximum absolute atomic E-state index is 11.1. The molecule has 0 atom stereocenters. The van der Waals surface area contributed by atoms with Gasteiger partial charge in [0.1, 0.15) is 0 Å². The third-order valence-corrected chi connectivity index (χ3v) is 2.59. The van der Waals surface area contributed by atoms with E-state index in [4.69, 9.17) is 0 Å². The van der Waals surface area contributed by atoms with Crippen molar-refractivity contribution >= 4 is 5.91 Å². The van der Waals surface area contributed by atoms with E-state index in [1.807, 2.05) is 30.3 Å². The molecule has 2 rings (SSSR count).